The number of rotatable bonds is 3. The maximum Gasteiger partial charge on any atom is 0.498 e. The summed E-state index contributed by atoms with van der Waals surface area (Å²) in [5.41, 5.74) is -0.0883. The highest BCUT2D eigenvalue weighted by Crippen LogP contribution is 2.36. The van der Waals surface area contributed by atoms with Crippen LogP contribution in [0.5, 0.6) is 0 Å². The van der Waals surface area contributed by atoms with Gasteiger partial charge in [0.15, 0.2) is 5.69 Å². The number of carbonyl (C=O) groups excluding carboxylic acids is 1. The first-order valence-corrected chi connectivity index (χ1v) is 7.12. The second-order valence-corrected chi connectivity index (χ2v) is 6.59. The van der Waals surface area contributed by atoms with Gasteiger partial charge in [-0.1, -0.05) is 0 Å². The summed E-state index contributed by atoms with van der Waals surface area (Å²) in [5, 5.41) is 4.30. The molecule has 0 aromatic carbocycles. The number of hydrogen-bond donors (Lipinski definition) is 0. The van der Waals surface area contributed by atoms with E-state index in [0.717, 1.165) is 0 Å². The number of esters is 1. The van der Waals surface area contributed by atoms with Gasteiger partial charge >= 0.3 is 13.1 Å². The molecule has 1 aromatic heterocycles. The summed E-state index contributed by atoms with van der Waals surface area (Å²) >= 11 is 0. The molecule has 1 aliphatic rings. The van der Waals surface area contributed by atoms with Crippen molar-refractivity contribution < 1.29 is 18.8 Å². The van der Waals surface area contributed by atoms with Crippen molar-refractivity contribution in [1.29, 1.82) is 0 Å². The van der Waals surface area contributed by atoms with E-state index in [1.54, 1.807) is 10.9 Å². The van der Waals surface area contributed by atoms with Crippen LogP contribution in [-0.4, -0.2) is 41.2 Å². The van der Waals surface area contributed by atoms with Gasteiger partial charge in [-0.2, -0.15) is 5.10 Å². The zero-order chi connectivity index (χ0) is 16.0. The van der Waals surface area contributed by atoms with Gasteiger partial charge in [0.2, 0.25) is 0 Å². The molecule has 2 heterocycles. The number of nitrogens with zero attached hydrogens (tertiary/aromatic N) is 2. The Bertz CT molecular complexity index is 535. The molecule has 0 radical (unpaired) electrons. The Morgan fingerprint density at radius 2 is 1.81 bits per heavy atom. The number of hydrogen-bond acceptors (Lipinski definition) is 5. The molecule has 7 heteroatoms. The van der Waals surface area contributed by atoms with E-state index in [1.807, 2.05) is 41.5 Å². The molecule has 0 atom stereocenters. The van der Waals surface area contributed by atoms with Crippen LogP contribution in [0.2, 0.25) is 0 Å². The predicted octanol–water partition coefficient (Wildman–Crippen LogP) is 1.55. The molecule has 0 amide bonds. The highest BCUT2D eigenvalue weighted by atomic mass is 16.7. The smallest absolute Gasteiger partial charge is 0.464 e. The van der Waals surface area contributed by atoms with E-state index in [0.29, 0.717) is 5.46 Å². The summed E-state index contributed by atoms with van der Waals surface area (Å²) in [5.74, 6) is -0.487. The summed E-state index contributed by atoms with van der Waals surface area (Å²) in [7, 11) is 0.710. The largest absolute Gasteiger partial charge is 0.498 e. The fourth-order valence-electron chi connectivity index (χ4n) is 2.07. The average molecular weight is 294 g/mol. The molecule has 0 spiro atoms. The van der Waals surface area contributed by atoms with Gasteiger partial charge < -0.3 is 14.0 Å². The third kappa shape index (κ3) is 2.72. The normalized spacial score (nSPS) is 20.1. The van der Waals surface area contributed by atoms with Crippen LogP contribution in [0, 0.1) is 0 Å². The summed E-state index contributed by atoms with van der Waals surface area (Å²) in [6.07, 6.45) is 1.79. The molecule has 1 aromatic rings. The number of methoxy groups -OCH3 is 1. The van der Waals surface area contributed by atoms with E-state index in [4.69, 9.17) is 14.0 Å². The molecule has 0 aliphatic carbocycles. The third-order valence-electron chi connectivity index (χ3n) is 4.18. The SMILES string of the molecule is COC(=O)c1nn(C(C)C)cc1B1OC(C)(C)C(C)(C)O1. The van der Waals surface area contributed by atoms with Crippen molar-refractivity contribution in [2.24, 2.45) is 0 Å². The monoisotopic (exact) mass is 294 g/mol. The van der Waals surface area contributed by atoms with E-state index in [1.165, 1.54) is 7.11 Å². The van der Waals surface area contributed by atoms with E-state index < -0.39 is 24.3 Å². The number of carbonyl (C=O) groups is 1. The Kier molecular flexibility index (Phi) is 3.93. The summed E-state index contributed by atoms with van der Waals surface area (Å²) in [6, 6.07) is 0.129. The van der Waals surface area contributed by atoms with Gasteiger partial charge in [0.1, 0.15) is 0 Å². The average Bonchev–Trinajstić information content (AvgIpc) is 2.88. The first-order valence-electron chi connectivity index (χ1n) is 7.12. The lowest BCUT2D eigenvalue weighted by Crippen LogP contribution is -2.41. The fourth-order valence-corrected chi connectivity index (χ4v) is 2.07. The molecule has 0 bridgehead atoms. The molecule has 1 aliphatic heterocycles. The van der Waals surface area contributed by atoms with E-state index in [-0.39, 0.29) is 11.7 Å². The van der Waals surface area contributed by atoms with Crippen LogP contribution in [0.1, 0.15) is 58.1 Å². The van der Waals surface area contributed by atoms with Crippen LogP contribution in [-0.2, 0) is 14.0 Å². The maximum atomic E-state index is 11.9. The molecule has 116 valence electrons. The highest BCUT2D eigenvalue weighted by Gasteiger charge is 2.53. The van der Waals surface area contributed by atoms with Crippen molar-refractivity contribution in [1.82, 2.24) is 9.78 Å². The first-order chi connectivity index (χ1) is 9.59. The van der Waals surface area contributed by atoms with Crippen LogP contribution < -0.4 is 5.46 Å². The van der Waals surface area contributed by atoms with Crippen molar-refractivity contribution in [3.8, 4) is 0 Å². The third-order valence-corrected chi connectivity index (χ3v) is 4.18. The molecular formula is C14H23BN2O4. The Morgan fingerprint density at radius 3 is 2.24 bits per heavy atom. The lowest BCUT2D eigenvalue weighted by molar-refractivity contribution is 0.00578. The summed E-state index contributed by atoms with van der Waals surface area (Å²) in [6.45, 7) is 11.9. The van der Waals surface area contributed by atoms with Gasteiger partial charge in [0.05, 0.1) is 18.3 Å². The molecule has 0 unspecified atom stereocenters. The van der Waals surface area contributed by atoms with Gasteiger partial charge in [0, 0.05) is 17.7 Å². The lowest BCUT2D eigenvalue weighted by atomic mass is 9.79. The minimum atomic E-state index is -0.628. The van der Waals surface area contributed by atoms with E-state index >= 15 is 0 Å². The Balaban J connectivity index is 2.42. The van der Waals surface area contributed by atoms with Crippen LogP contribution in [0.3, 0.4) is 0 Å². The molecule has 6 nitrogen and oxygen atoms in total. The molecule has 2 rings (SSSR count). The fraction of sp³-hybridized carbons (Fsp3) is 0.714. The number of aromatic nitrogens is 2. The second-order valence-electron chi connectivity index (χ2n) is 6.59. The Hall–Kier alpha value is -1.34. The van der Waals surface area contributed by atoms with Crippen molar-refractivity contribution in [2.45, 2.75) is 58.8 Å². The molecule has 0 N–H and O–H groups in total. The van der Waals surface area contributed by atoms with Crippen molar-refractivity contribution >= 4 is 18.6 Å². The standard InChI is InChI=1S/C14H23BN2O4/c1-9(2)17-8-10(11(16-17)12(18)19-7)15-20-13(3,4)14(5,6)21-15/h8-9H,1-7H3. The Morgan fingerprint density at radius 1 is 1.29 bits per heavy atom. The second kappa shape index (κ2) is 5.14. The van der Waals surface area contributed by atoms with E-state index in [2.05, 4.69) is 5.10 Å². The minimum absolute atomic E-state index is 0.129. The topological polar surface area (TPSA) is 62.6 Å². The molecule has 0 saturated carbocycles. The predicted molar refractivity (Wildman–Crippen MR) is 79.7 cm³/mol. The zero-order valence-electron chi connectivity index (χ0n) is 13.8. The quantitative estimate of drug-likeness (QED) is 0.625. The summed E-state index contributed by atoms with van der Waals surface area (Å²) < 4.78 is 18.5. The molecule has 1 fully saturated rings. The van der Waals surface area contributed by atoms with Gasteiger partial charge in [-0.15, -0.1) is 0 Å². The van der Waals surface area contributed by atoms with Crippen molar-refractivity contribution in [2.75, 3.05) is 7.11 Å². The van der Waals surface area contributed by atoms with E-state index in [9.17, 15) is 4.79 Å². The van der Waals surface area contributed by atoms with Crippen molar-refractivity contribution in [3.63, 3.8) is 0 Å². The van der Waals surface area contributed by atoms with Gasteiger partial charge in [0.25, 0.3) is 0 Å². The van der Waals surface area contributed by atoms with Crippen LogP contribution in [0.15, 0.2) is 6.20 Å². The zero-order valence-corrected chi connectivity index (χ0v) is 13.8. The van der Waals surface area contributed by atoms with Crippen LogP contribution in [0.25, 0.3) is 0 Å². The van der Waals surface area contributed by atoms with Gasteiger partial charge in [-0.05, 0) is 41.5 Å². The molecule has 21 heavy (non-hydrogen) atoms. The van der Waals surface area contributed by atoms with Crippen molar-refractivity contribution in [3.05, 3.63) is 11.9 Å². The molecule has 1 saturated heterocycles. The van der Waals surface area contributed by atoms with Gasteiger partial charge in [-0.3, -0.25) is 4.68 Å². The Labute approximate surface area is 125 Å². The lowest BCUT2D eigenvalue weighted by Gasteiger charge is -2.32. The maximum absolute atomic E-state index is 11.9. The summed E-state index contributed by atoms with van der Waals surface area (Å²) in [4.78, 5) is 11.9. The first kappa shape index (κ1) is 16.0. The molecular weight excluding hydrogens is 271 g/mol. The highest BCUT2D eigenvalue weighted by molar-refractivity contribution is 6.63. The van der Waals surface area contributed by atoms with Gasteiger partial charge in [-0.25, -0.2) is 4.79 Å². The number of ether oxygens (including phenoxy) is 1. The van der Waals surface area contributed by atoms with Crippen LogP contribution in [0.4, 0.5) is 0 Å². The van der Waals surface area contributed by atoms with Crippen LogP contribution >= 0.6 is 0 Å². The minimum Gasteiger partial charge on any atom is -0.464 e.